The highest BCUT2D eigenvalue weighted by Crippen LogP contribution is 2.41. The van der Waals surface area contributed by atoms with Crippen LogP contribution in [0, 0.1) is 12.8 Å². The molecule has 2 nitrogen and oxygen atoms in total. The van der Waals surface area contributed by atoms with E-state index in [0.717, 1.165) is 25.3 Å². The Balaban J connectivity index is 1.94. The second kappa shape index (κ2) is 6.35. The summed E-state index contributed by atoms with van der Waals surface area (Å²) in [4.78, 5) is 0. The van der Waals surface area contributed by atoms with E-state index in [1.165, 1.54) is 24.0 Å². The van der Waals surface area contributed by atoms with E-state index in [1.807, 2.05) is 6.92 Å². The van der Waals surface area contributed by atoms with E-state index in [2.05, 4.69) is 36.5 Å². The average Bonchev–Trinajstić information content (AvgIpc) is 3.20. The second-order valence-electron chi connectivity index (χ2n) is 5.48. The van der Waals surface area contributed by atoms with E-state index in [-0.39, 0.29) is 6.10 Å². The molecule has 1 fully saturated rings. The van der Waals surface area contributed by atoms with Gasteiger partial charge in [-0.25, -0.2) is 0 Å². The van der Waals surface area contributed by atoms with E-state index in [0.29, 0.717) is 6.04 Å². The van der Waals surface area contributed by atoms with Gasteiger partial charge in [-0.1, -0.05) is 31.2 Å². The van der Waals surface area contributed by atoms with Gasteiger partial charge in [0.05, 0.1) is 6.10 Å². The van der Waals surface area contributed by atoms with Crippen LogP contribution in [0.1, 0.15) is 49.8 Å². The Kier molecular flexibility index (Phi) is 4.79. The van der Waals surface area contributed by atoms with E-state index in [9.17, 15) is 5.11 Å². The molecule has 1 aliphatic rings. The molecule has 0 bridgehead atoms. The summed E-state index contributed by atoms with van der Waals surface area (Å²) in [6.45, 7) is 5.13. The van der Waals surface area contributed by atoms with Gasteiger partial charge in [-0.15, -0.1) is 0 Å². The monoisotopic (exact) mass is 247 g/mol. The molecule has 0 aromatic heterocycles. The summed E-state index contributed by atoms with van der Waals surface area (Å²) in [5, 5.41) is 13.3. The smallest absolute Gasteiger partial charge is 0.0549 e. The zero-order chi connectivity index (χ0) is 13.0. The maximum atomic E-state index is 9.61. The first-order valence-corrected chi connectivity index (χ1v) is 7.19. The van der Waals surface area contributed by atoms with Crippen LogP contribution in [-0.4, -0.2) is 17.8 Å². The minimum absolute atomic E-state index is 0.158. The van der Waals surface area contributed by atoms with Crippen molar-refractivity contribution in [3.05, 3.63) is 35.4 Å². The molecule has 1 saturated carbocycles. The first kappa shape index (κ1) is 13.6. The van der Waals surface area contributed by atoms with E-state index < -0.39 is 0 Å². The molecule has 1 aromatic rings. The molecule has 0 heterocycles. The lowest BCUT2D eigenvalue weighted by atomic mass is 9.97. The van der Waals surface area contributed by atoms with Crippen molar-refractivity contribution in [3.63, 3.8) is 0 Å². The molecule has 0 aliphatic heterocycles. The number of aliphatic hydroxyl groups is 1. The minimum Gasteiger partial charge on any atom is -0.393 e. The zero-order valence-electron chi connectivity index (χ0n) is 11.5. The number of hydrogen-bond acceptors (Lipinski definition) is 2. The topological polar surface area (TPSA) is 32.3 Å². The predicted octanol–water partition coefficient (Wildman–Crippen LogP) is 3.20. The standard InChI is InChI=1S/C16H25NO/c1-3-14(18)10-11-17-16(13-8-9-13)15-7-5-4-6-12(15)2/h4-7,13-14,16-18H,3,8-11H2,1-2H3. The van der Waals surface area contributed by atoms with Crippen molar-refractivity contribution in [1.82, 2.24) is 5.32 Å². The maximum Gasteiger partial charge on any atom is 0.0549 e. The van der Waals surface area contributed by atoms with Crippen molar-refractivity contribution >= 4 is 0 Å². The van der Waals surface area contributed by atoms with Gasteiger partial charge >= 0.3 is 0 Å². The van der Waals surface area contributed by atoms with E-state index >= 15 is 0 Å². The lowest BCUT2D eigenvalue weighted by molar-refractivity contribution is 0.158. The molecule has 2 atom stereocenters. The molecule has 0 radical (unpaired) electrons. The molecule has 1 aromatic carbocycles. The molecule has 0 spiro atoms. The van der Waals surface area contributed by atoms with Gasteiger partial charge in [0.25, 0.3) is 0 Å². The first-order chi connectivity index (χ1) is 8.72. The first-order valence-electron chi connectivity index (χ1n) is 7.19. The van der Waals surface area contributed by atoms with Gasteiger partial charge < -0.3 is 10.4 Å². The van der Waals surface area contributed by atoms with Crippen molar-refractivity contribution in [3.8, 4) is 0 Å². The number of nitrogens with one attached hydrogen (secondary N) is 1. The van der Waals surface area contributed by atoms with Crippen LogP contribution in [0.3, 0.4) is 0 Å². The Morgan fingerprint density at radius 3 is 2.67 bits per heavy atom. The molecular formula is C16H25NO. The third-order valence-corrected chi connectivity index (χ3v) is 3.93. The Bertz CT molecular complexity index is 373. The molecule has 2 unspecified atom stereocenters. The van der Waals surface area contributed by atoms with Gasteiger partial charge in [0.1, 0.15) is 0 Å². The summed E-state index contributed by atoms with van der Waals surface area (Å²) in [6, 6.07) is 9.13. The average molecular weight is 247 g/mol. The van der Waals surface area contributed by atoms with Gasteiger partial charge in [-0.05, 0) is 56.2 Å². The summed E-state index contributed by atoms with van der Waals surface area (Å²) in [5.74, 6) is 0.796. The van der Waals surface area contributed by atoms with Gasteiger partial charge in [-0.3, -0.25) is 0 Å². The number of hydrogen-bond donors (Lipinski definition) is 2. The zero-order valence-corrected chi connectivity index (χ0v) is 11.5. The molecular weight excluding hydrogens is 222 g/mol. The Morgan fingerprint density at radius 2 is 2.06 bits per heavy atom. The van der Waals surface area contributed by atoms with Gasteiger partial charge in [0, 0.05) is 6.04 Å². The molecule has 2 N–H and O–H groups in total. The van der Waals surface area contributed by atoms with Crippen molar-refractivity contribution in [2.75, 3.05) is 6.54 Å². The molecule has 0 saturated heterocycles. The van der Waals surface area contributed by atoms with Crippen LogP contribution >= 0.6 is 0 Å². The third kappa shape index (κ3) is 3.56. The van der Waals surface area contributed by atoms with Crippen LogP contribution in [0.5, 0.6) is 0 Å². The minimum atomic E-state index is -0.158. The van der Waals surface area contributed by atoms with Gasteiger partial charge in [-0.2, -0.15) is 0 Å². The summed E-state index contributed by atoms with van der Waals surface area (Å²) in [5.41, 5.74) is 2.81. The van der Waals surface area contributed by atoms with Crippen molar-refractivity contribution < 1.29 is 5.11 Å². The van der Waals surface area contributed by atoms with Crippen molar-refractivity contribution in [1.29, 1.82) is 0 Å². The van der Waals surface area contributed by atoms with E-state index in [1.54, 1.807) is 0 Å². The summed E-state index contributed by atoms with van der Waals surface area (Å²) >= 11 is 0. The summed E-state index contributed by atoms with van der Waals surface area (Å²) < 4.78 is 0. The fraction of sp³-hybridized carbons (Fsp3) is 0.625. The molecule has 2 rings (SSSR count). The number of aliphatic hydroxyl groups excluding tert-OH is 1. The van der Waals surface area contributed by atoms with Crippen molar-refractivity contribution in [2.24, 2.45) is 5.92 Å². The van der Waals surface area contributed by atoms with Crippen LogP contribution in [-0.2, 0) is 0 Å². The van der Waals surface area contributed by atoms with Crippen LogP contribution in [0.2, 0.25) is 0 Å². The number of rotatable bonds is 7. The Labute approximate surface area is 110 Å². The summed E-state index contributed by atoms with van der Waals surface area (Å²) in [6.07, 6.45) is 4.21. The van der Waals surface area contributed by atoms with Crippen molar-refractivity contribution in [2.45, 2.75) is 51.7 Å². The lowest BCUT2D eigenvalue weighted by Crippen LogP contribution is -2.27. The highest BCUT2D eigenvalue weighted by Gasteiger charge is 2.32. The summed E-state index contributed by atoms with van der Waals surface area (Å²) in [7, 11) is 0. The fourth-order valence-corrected chi connectivity index (χ4v) is 2.51. The number of aryl methyl sites for hydroxylation is 1. The Hall–Kier alpha value is -0.860. The molecule has 18 heavy (non-hydrogen) atoms. The predicted molar refractivity (Wildman–Crippen MR) is 75.6 cm³/mol. The molecule has 0 amide bonds. The largest absolute Gasteiger partial charge is 0.393 e. The van der Waals surface area contributed by atoms with E-state index in [4.69, 9.17) is 0 Å². The lowest BCUT2D eigenvalue weighted by Gasteiger charge is -2.21. The van der Waals surface area contributed by atoms with Crippen LogP contribution in [0.4, 0.5) is 0 Å². The van der Waals surface area contributed by atoms with Crippen LogP contribution in [0.25, 0.3) is 0 Å². The second-order valence-corrected chi connectivity index (χ2v) is 5.48. The molecule has 1 aliphatic carbocycles. The van der Waals surface area contributed by atoms with Gasteiger partial charge in [0.2, 0.25) is 0 Å². The molecule has 2 heteroatoms. The fourth-order valence-electron chi connectivity index (χ4n) is 2.51. The normalized spacial score (nSPS) is 18.6. The third-order valence-electron chi connectivity index (χ3n) is 3.93. The number of benzene rings is 1. The van der Waals surface area contributed by atoms with Crippen LogP contribution < -0.4 is 5.32 Å². The van der Waals surface area contributed by atoms with Crippen LogP contribution in [0.15, 0.2) is 24.3 Å². The SMILES string of the molecule is CCC(O)CCNC(c1ccccc1C)C1CC1. The quantitative estimate of drug-likeness (QED) is 0.775. The Morgan fingerprint density at radius 1 is 1.33 bits per heavy atom. The maximum absolute atomic E-state index is 9.61. The van der Waals surface area contributed by atoms with Gasteiger partial charge in [0.15, 0.2) is 0 Å². The molecule has 100 valence electrons. The highest BCUT2D eigenvalue weighted by molar-refractivity contribution is 5.30. The highest BCUT2D eigenvalue weighted by atomic mass is 16.3.